The van der Waals surface area contributed by atoms with Crippen LogP contribution in [0.4, 0.5) is 0 Å². The first-order chi connectivity index (χ1) is 19.8. The fourth-order valence-electron chi connectivity index (χ4n) is 4.77. The van der Waals surface area contributed by atoms with Crippen molar-refractivity contribution in [3.05, 3.63) is 36.5 Å². The van der Waals surface area contributed by atoms with Crippen LogP contribution in [0.2, 0.25) is 0 Å². The van der Waals surface area contributed by atoms with Crippen molar-refractivity contribution in [3.63, 3.8) is 0 Å². The van der Waals surface area contributed by atoms with Gasteiger partial charge in [0, 0.05) is 6.42 Å². The zero-order valence-corrected chi connectivity index (χ0v) is 27.2. The van der Waals surface area contributed by atoms with Crippen LogP contribution in [0.5, 0.6) is 0 Å². The van der Waals surface area contributed by atoms with Crippen LogP contribution < -0.4 is 5.32 Å². The molecule has 0 fully saturated rings. The van der Waals surface area contributed by atoms with Crippen molar-refractivity contribution in [3.8, 4) is 0 Å². The molecule has 0 bridgehead atoms. The second-order valence-electron chi connectivity index (χ2n) is 11.4. The van der Waals surface area contributed by atoms with E-state index >= 15 is 0 Å². The summed E-state index contributed by atoms with van der Waals surface area (Å²) in [6.07, 6.45) is 36.0. The van der Waals surface area contributed by atoms with E-state index in [1.165, 1.54) is 89.5 Å². The summed E-state index contributed by atoms with van der Waals surface area (Å²) in [4.78, 5) is 12.3. The third-order valence-electron chi connectivity index (χ3n) is 7.31. The molecule has 2 atom stereocenters. The number of carbonyl (C=O) groups excluding carboxylic acids is 1. The smallest absolute Gasteiger partial charge is 0.267 e. The molecule has 0 aromatic heterocycles. The lowest BCUT2D eigenvalue weighted by atomic mass is 10.1. The number of unbranched alkanes of at least 4 members (excludes halogenated alkanes) is 17. The first-order valence-corrected chi connectivity index (χ1v) is 18.3. The highest BCUT2D eigenvalue weighted by Gasteiger charge is 2.24. The molecule has 6 nitrogen and oxygen atoms in total. The van der Waals surface area contributed by atoms with Crippen molar-refractivity contribution in [2.45, 2.75) is 167 Å². The Balaban J connectivity index is 3.80. The minimum absolute atomic E-state index is 0.289. The number of allylic oxidation sites excluding steroid dienone is 5. The number of rotatable bonds is 29. The molecule has 0 aromatic rings. The van der Waals surface area contributed by atoms with E-state index in [0.29, 0.717) is 0 Å². The molecule has 0 aliphatic heterocycles. The van der Waals surface area contributed by atoms with Gasteiger partial charge in [0.15, 0.2) is 0 Å². The topological polar surface area (TPSA) is 104 Å². The maximum Gasteiger partial charge on any atom is 0.267 e. The van der Waals surface area contributed by atoms with Crippen molar-refractivity contribution < 1.29 is 22.9 Å². The summed E-state index contributed by atoms with van der Waals surface area (Å²) in [5.74, 6) is -0.994. The second kappa shape index (κ2) is 28.7. The van der Waals surface area contributed by atoms with Crippen LogP contribution in [0.1, 0.15) is 155 Å². The lowest BCUT2D eigenvalue weighted by molar-refractivity contribution is -0.122. The summed E-state index contributed by atoms with van der Waals surface area (Å²) in [6, 6.07) is -1.05. The number of aliphatic hydroxyl groups excluding tert-OH is 1. The average Bonchev–Trinajstić information content (AvgIpc) is 2.92. The van der Waals surface area contributed by atoms with Crippen molar-refractivity contribution in [2.24, 2.45) is 0 Å². The summed E-state index contributed by atoms with van der Waals surface area (Å²) in [7, 11) is -4.32. The Bertz CT molecular complexity index is 791. The Hall–Kier alpha value is -1.44. The van der Waals surface area contributed by atoms with Crippen molar-refractivity contribution >= 4 is 16.0 Å². The van der Waals surface area contributed by atoms with E-state index in [1.807, 2.05) is 0 Å². The Morgan fingerprint density at radius 2 is 1.10 bits per heavy atom. The molecule has 0 aliphatic rings. The van der Waals surface area contributed by atoms with Gasteiger partial charge in [0.2, 0.25) is 5.91 Å². The van der Waals surface area contributed by atoms with E-state index < -0.39 is 28.0 Å². The summed E-state index contributed by atoms with van der Waals surface area (Å²) in [5, 5.41) is 12.9. The summed E-state index contributed by atoms with van der Waals surface area (Å²) in [5.41, 5.74) is 0. The number of hydrogen-bond donors (Lipinski definition) is 3. The molecule has 41 heavy (non-hydrogen) atoms. The average molecular weight is 598 g/mol. The second-order valence-corrected chi connectivity index (χ2v) is 12.9. The summed E-state index contributed by atoms with van der Waals surface area (Å²) >= 11 is 0. The maximum absolute atomic E-state index is 12.3. The van der Waals surface area contributed by atoms with Gasteiger partial charge in [-0.3, -0.25) is 9.35 Å². The molecule has 1 amide bonds. The molecule has 7 heteroatoms. The summed E-state index contributed by atoms with van der Waals surface area (Å²) < 4.78 is 32.0. The predicted octanol–water partition coefficient (Wildman–Crippen LogP) is 9.01. The van der Waals surface area contributed by atoms with Crippen molar-refractivity contribution in [1.82, 2.24) is 5.32 Å². The number of nitrogens with one attached hydrogen (secondary N) is 1. The zero-order valence-electron chi connectivity index (χ0n) is 26.4. The van der Waals surface area contributed by atoms with Crippen LogP contribution in [0, 0.1) is 0 Å². The number of aliphatic hydroxyl groups is 1. The van der Waals surface area contributed by atoms with E-state index in [9.17, 15) is 22.9 Å². The van der Waals surface area contributed by atoms with Crippen LogP contribution in [-0.2, 0) is 14.9 Å². The molecular formula is C34H63NO5S. The Morgan fingerprint density at radius 3 is 1.63 bits per heavy atom. The van der Waals surface area contributed by atoms with Crippen LogP contribution in [-0.4, -0.2) is 41.9 Å². The molecule has 0 spiro atoms. The lowest BCUT2D eigenvalue weighted by Gasteiger charge is -2.21. The van der Waals surface area contributed by atoms with Crippen LogP contribution >= 0.6 is 0 Å². The Labute approximate surface area is 253 Å². The van der Waals surface area contributed by atoms with E-state index in [4.69, 9.17) is 0 Å². The quantitative estimate of drug-likeness (QED) is 0.0453. The first kappa shape index (κ1) is 39.6. The molecule has 3 N–H and O–H groups in total. The number of carbonyl (C=O) groups is 1. The van der Waals surface area contributed by atoms with Gasteiger partial charge in [0.1, 0.15) is 0 Å². The third-order valence-corrected chi connectivity index (χ3v) is 8.09. The largest absolute Gasteiger partial charge is 0.387 e. The Kier molecular flexibility index (Phi) is 27.7. The molecule has 0 aliphatic carbocycles. The van der Waals surface area contributed by atoms with Crippen LogP contribution in [0.25, 0.3) is 0 Å². The predicted molar refractivity (Wildman–Crippen MR) is 175 cm³/mol. The minimum Gasteiger partial charge on any atom is -0.387 e. The fraction of sp³-hybridized carbons (Fsp3) is 0.794. The Morgan fingerprint density at radius 1 is 0.659 bits per heavy atom. The summed E-state index contributed by atoms with van der Waals surface area (Å²) in [6.45, 7) is 4.36. The van der Waals surface area contributed by atoms with E-state index in [2.05, 4.69) is 43.5 Å². The van der Waals surface area contributed by atoms with E-state index in [-0.39, 0.29) is 12.3 Å². The van der Waals surface area contributed by atoms with Gasteiger partial charge in [-0.25, -0.2) is 0 Å². The molecule has 0 saturated carbocycles. The lowest BCUT2D eigenvalue weighted by Crippen LogP contribution is -2.46. The molecule has 0 aromatic carbocycles. The van der Waals surface area contributed by atoms with Gasteiger partial charge in [-0.2, -0.15) is 8.42 Å². The third kappa shape index (κ3) is 29.8. The molecule has 0 heterocycles. The molecule has 240 valence electrons. The van der Waals surface area contributed by atoms with E-state index in [0.717, 1.165) is 51.4 Å². The highest BCUT2D eigenvalue weighted by molar-refractivity contribution is 7.85. The first-order valence-electron chi connectivity index (χ1n) is 16.7. The van der Waals surface area contributed by atoms with E-state index in [1.54, 1.807) is 6.08 Å². The number of hydrogen-bond acceptors (Lipinski definition) is 4. The SMILES string of the molecule is CCCCC/C=C/C(O)C(CS(=O)(=O)O)NC(=O)CCCCCCCCCCC/C=C\C/C=C\CCCCCCC. The minimum atomic E-state index is -4.32. The van der Waals surface area contributed by atoms with Gasteiger partial charge in [-0.1, -0.05) is 134 Å². The van der Waals surface area contributed by atoms with Crippen LogP contribution in [0.3, 0.4) is 0 Å². The highest BCUT2D eigenvalue weighted by atomic mass is 32.2. The molecule has 0 radical (unpaired) electrons. The van der Waals surface area contributed by atoms with Gasteiger partial charge in [-0.05, 0) is 51.4 Å². The van der Waals surface area contributed by atoms with Gasteiger partial charge in [0.25, 0.3) is 10.1 Å². The molecule has 0 saturated heterocycles. The number of amides is 1. The standard InChI is InChI=1S/C34H63NO5S/c1-3-5-7-9-10-11-12-13-14-15-16-17-18-19-20-21-22-23-24-26-28-30-34(37)35-32(31-41(38,39)40)33(36)29-27-25-8-6-4-2/h12-13,15-16,27,29,32-33,36H,3-11,14,17-26,28,30-31H2,1-2H3,(H,35,37)(H,38,39,40)/b13-12-,16-15-,29-27+. The normalized spacial score (nSPS) is 14.0. The van der Waals surface area contributed by atoms with Gasteiger partial charge in [-0.15, -0.1) is 0 Å². The highest BCUT2D eigenvalue weighted by Crippen LogP contribution is 2.12. The van der Waals surface area contributed by atoms with Gasteiger partial charge in [0.05, 0.1) is 17.9 Å². The zero-order chi connectivity index (χ0) is 30.4. The van der Waals surface area contributed by atoms with Gasteiger partial charge < -0.3 is 10.4 Å². The van der Waals surface area contributed by atoms with Crippen molar-refractivity contribution in [2.75, 3.05) is 5.75 Å². The fourth-order valence-corrected chi connectivity index (χ4v) is 5.51. The maximum atomic E-state index is 12.3. The van der Waals surface area contributed by atoms with Crippen molar-refractivity contribution in [1.29, 1.82) is 0 Å². The van der Waals surface area contributed by atoms with Gasteiger partial charge >= 0.3 is 0 Å². The molecule has 2 unspecified atom stereocenters. The van der Waals surface area contributed by atoms with Crippen LogP contribution in [0.15, 0.2) is 36.5 Å². The molecule has 0 rings (SSSR count). The monoisotopic (exact) mass is 597 g/mol. The molecular weight excluding hydrogens is 534 g/mol.